The lowest BCUT2D eigenvalue weighted by Crippen LogP contribution is -2.38. The molecule has 1 unspecified atom stereocenters. The van der Waals surface area contributed by atoms with Crippen LogP contribution < -0.4 is 0 Å². The fraction of sp³-hybridized carbons (Fsp3) is 0.438. The molecule has 1 N–H and O–H groups in total. The summed E-state index contributed by atoms with van der Waals surface area (Å²) in [5, 5.41) is 10.2. The number of fused-ring (bicyclic) bond motifs is 1. The number of carbonyl (C=O) groups is 2. The highest BCUT2D eigenvalue weighted by Gasteiger charge is 2.36. The second kappa shape index (κ2) is 6.98. The predicted octanol–water partition coefficient (Wildman–Crippen LogP) is 1.76. The first kappa shape index (κ1) is 16.4. The second-order valence-electron chi connectivity index (χ2n) is 5.69. The summed E-state index contributed by atoms with van der Waals surface area (Å²) < 4.78 is 0.781. The Kier molecular flexibility index (Phi) is 4.99. The number of amides is 2. The topological polar surface area (TPSA) is 60.9 Å². The minimum absolute atomic E-state index is 0.00194. The lowest BCUT2D eigenvalue weighted by Gasteiger charge is -2.21. The third-order valence-corrected chi connectivity index (χ3v) is 5.70. The third-order valence-electron chi connectivity index (χ3n) is 4.03. The summed E-state index contributed by atoms with van der Waals surface area (Å²) >= 11 is 6.76. The summed E-state index contributed by atoms with van der Waals surface area (Å²) in [6.07, 6.45) is 1.51. The molecule has 0 aromatic heterocycles. The van der Waals surface area contributed by atoms with Crippen molar-refractivity contribution >= 4 is 40.1 Å². The van der Waals surface area contributed by atoms with Crippen LogP contribution in [0.25, 0.3) is 0 Å². The molecule has 0 spiro atoms. The number of likely N-dealkylation sites (tertiary alicyclic amines) is 1. The molecule has 1 saturated heterocycles. The Labute approximate surface area is 144 Å². The molecule has 0 saturated carbocycles. The number of benzene rings is 1. The average Bonchev–Trinajstić information content (AvgIpc) is 3.17. The van der Waals surface area contributed by atoms with Gasteiger partial charge in [-0.2, -0.15) is 0 Å². The van der Waals surface area contributed by atoms with Gasteiger partial charge in [-0.25, -0.2) is 0 Å². The lowest BCUT2D eigenvalue weighted by atomic mass is 10.1. The van der Waals surface area contributed by atoms with E-state index in [1.807, 2.05) is 0 Å². The molecule has 2 aliphatic rings. The van der Waals surface area contributed by atoms with Crippen molar-refractivity contribution in [2.75, 3.05) is 25.4 Å². The maximum Gasteiger partial charge on any atom is 0.261 e. The Hall–Kier alpha value is -1.44. The number of β-amino-alcohol motifs (C(OH)–C–C–N with tert-alkyl or cyclic N) is 1. The molecule has 2 amide bonds. The van der Waals surface area contributed by atoms with Gasteiger partial charge in [0, 0.05) is 18.8 Å². The minimum atomic E-state index is -0.789. The molecule has 1 aromatic carbocycles. The molecule has 3 rings (SSSR count). The zero-order valence-corrected chi connectivity index (χ0v) is 14.2. The monoisotopic (exact) mass is 350 g/mol. The van der Waals surface area contributed by atoms with E-state index >= 15 is 0 Å². The van der Waals surface area contributed by atoms with Gasteiger partial charge in [0.1, 0.15) is 4.32 Å². The fourth-order valence-corrected chi connectivity index (χ4v) is 4.02. The summed E-state index contributed by atoms with van der Waals surface area (Å²) in [5.74, 6) is -0.295. The number of hydrogen-bond donors (Lipinski definition) is 1. The Morgan fingerprint density at radius 1 is 1.17 bits per heavy atom. The van der Waals surface area contributed by atoms with Crippen molar-refractivity contribution < 1.29 is 14.7 Å². The van der Waals surface area contributed by atoms with Crippen LogP contribution in [0.3, 0.4) is 0 Å². The molecule has 7 heteroatoms. The molecule has 5 nitrogen and oxygen atoms in total. The summed E-state index contributed by atoms with van der Waals surface area (Å²) in [5.41, 5.74) is 0.815. The van der Waals surface area contributed by atoms with E-state index in [0.29, 0.717) is 16.9 Å². The number of thioether (sulfide) groups is 1. The number of imide groups is 1. The van der Waals surface area contributed by atoms with E-state index < -0.39 is 6.10 Å². The maximum absolute atomic E-state index is 12.2. The zero-order valence-electron chi connectivity index (χ0n) is 12.6. The Morgan fingerprint density at radius 3 is 2.30 bits per heavy atom. The van der Waals surface area contributed by atoms with Crippen LogP contribution in [-0.2, 0) is 0 Å². The number of hydrogen-bond acceptors (Lipinski definition) is 5. The third kappa shape index (κ3) is 3.41. The Balaban J connectivity index is 1.54. The lowest BCUT2D eigenvalue weighted by molar-refractivity contribution is 0.0567. The van der Waals surface area contributed by atoms with Crippen molar-refractivity contribution in [3.05, 3.63) is 35.4 Å². The van der Waals surface area contributed by atoms with Gasteiger partial charge in [-0.05, 0) is 25.0 Å². The van der Waals surface area contributed by atoms with Gasteiger partial charge in [-0.1, -0.05) is 36.1 Å². The van der Waals surface area contributed by atoms with E-state index in [0.717, 1.165) is 35.2 Å². The minimum Gasteiger partial charge on any atom is -0.390 e. The van der Waals surface area contributed by atoms with E-state index in [9.17, 15) is 14.7 Å². The summed E-state index contributed by atoms with van der Waals surface area (Å²) in [6, 6.07) is 6.74. The highest BCUT2D eigenvalue weighted by molar-refractivity contribution is 8.22. The van der Waals surface area contributed by atoms with E-state index in [4.69, 9.17) is 12.2 Å². The van der Waals surface area contributed by atoms with Crippen molar-refractivity contribution in [3.8, 4) is 0 Å². The molecular weight excluding hydrogens is 332 g/mol. The molecule has 1 aromatic rings. The molecule has 1 atom stereocenters. The van der Waals surface area contributed by atoms with Crippen molar-refractivity contribution in [2.24, 2.45) is 0 Å². The molecule has 2 heterocycles. The van der Waals surface area contributed by atoms with Gasteiger partial charge in [0.15, 0.2) is 0 Å². The predicted molar refractivity (Wildman–Crippen MR) is 93.7 cm³/mol. The molecule has 0 bridgehead atoms. The van der Waals surface area contributed by atoms with E-state index in [2.05, 4.69) is 4.90 Å². The van der Waals surface area contributed by atoms with Crippen LogP contribution in [0.5, 0.6) is 0 Å². The summed E-state index contributed by atoms with van der Waals surface area (Å²) in [7, 11) is 0. The van der Waals surface area contributed by atoms with Crippen molar-refractivity contribution in [1.82, 2.24) is 9.80 Å². The molecule has 23 heavy (non-hydrogen) atoms. The Bertz CT molecular complexity index is 609. The van der Waals surface area contributed by atoms with Crippen molar-refractivity contribution in [3.63, 3.8) is 0 Å². The van der Waals surface area contributed by atoms with E-state index in [1.54, 1.807) is 24.3 Å². The molecule has 2 aliphatic heterocycles. The van der Waals surface area contributed by atoms with Crippen LogP contribution in [0.15, 0.2) is 24.3 Å². The highest BCUT2D eigenvalue weighted by Crippen LogP contribution is 2.23. The van der Waals surface area contributed by atoms with Gasteiger partial charge < -0.3 is 10.0 Å². The molecule has 1 fully saturated rings. The van der Waals surface area contributed by atoms with Crippen molar-refractivity contribution in [2.45, 2.75) is 18.9 Å². The van der Waals surface area contributed by atoms with Gasteiger partial charge in [0.2, 0.25) is 0 Å². The van der Waals surface area contributed by atoms with Gasteiger partial charge in [-0.3, -0.25) is 14.5 Å². The first-order chi connectivity index (χ1) is 11.1. The summed E-state index contributed by atoms with van der Waals surface area (Å²) in [6.45, 7) is 1.95. The van der Waals surface area contributed by atoms with Crippen LogP contribution in [-0.4, -0.2) is 62.5 Å². The molecule has 122 valence electrons. The number of thiocarbonyl (C=S) groups is 1. The van der Waals surface area contributed by atoms with E-state index in [-0.39, 0.29) is 18.4 Å². The Morgan fingerprint density at radius 2 is 1.74 bits per heavy atom. The van der Waals surface area contributed by atoms with Crippen LogP contribution in [0.1, 0.15) is 33.6 Å². The molecular formula is C16H18N2O3S2. The average molecular weight is 350 g/mol. The SMILES string of the molecule is O=C1c2ccccc2C(=O)N1CC(O)CSC(=S)N1CCCC1. The summed E-state index contributed by atoms with van der Waals surface area (Å²) in [4.78, 5) is 27.7. The highest BCUT2D eigenvalue weighted by atomic mass is 32.2. The van der Waals surface area contributed by atoms with Gasteiger partial charge in [0.25, 0.3) is 11.8 Å². The van der Waals surface area contributed by atoms with Gasteiger partial charge >= 0.3 is 0 Å². The standard InChI is InChI=1S/C16H18N2O3S2/c19-11(10-23-16(22)17-7-3-4-8-17)9-18-14(20)12-5-1-2-6-13(12)15(18)21/h1-2,5-6,11,19H,3-4,7-10H2. The van der Waals surface area contributed by atoms with Crippen LogP contribution >= 0.6 is 24.0 Å². The zero-order chi connectivity index (χ0) is 16.4. The molecule has 0 aliphatic carbocycles. The molecule has 0 radical (unpaired) electrons. The number of carbonyl (C=O) groups excluding carboxylic acids is 2. The second-order valence-corrected chi connectivity index (χ2v) is 7.35. The van der Waals surface area contributed by atoms with Crippen LogP contribution in [0, 0.1) is 0 Å². The number of aliphatic hydroxyl groups is 1. The smallest absolute Gasteiger partial charge is 0.261 e. The first-order valence-electron chi connectivity index (χ1n) is 7.63. The maximum atomic E-state index is 12.2. The quantitative estimate of drug-likeness (QED) is 0.660. The largest absolute Gasteiger partial charge is 0.390 e. The van der Waals surface area contributed by atoms with Crippen LogP contribution in [0.2, 0.25) is 0 Å². The number of aliphatic hydroxyl groups excluding tert-OH is 1. The van der Waals surface area contributed by atoms with Crippen LogP contribution in [0.4, 0.5) is 0 Å². The van der Waals surface area contributed by atoms with E-state index in [1.165, 1.54) is 11.8 Å². The fourth-order valence-electron chi connectivity index (χ4n) is 2.83. The first-order valence-corrected chi connectivity index (χ1v) is 9.02. The number of nitrogens with zero attached hydrogens (tertiary/aromatic N) is 2. The van der Waals surface area contributed by atoms with Gasteiger partial charge in [0.05, 0.1) is 23.8 Å². The van der Waals surface area contributed by atoms with Gasteiger partial charge in [-0.15, -0.1) is 0 Å². The van der Waals surface area contributed by atoms with Crippen molar-refractivity contribution in [1.29, 1.82) is 0 Å². The normalized spacial score (nSPS) is 18.5. The number of rotatable bonds is 4.